The molecule has 33 heavy (non-hydrogen) atoms. The minimum atomic E-state index is -0.562. The number of carbonyl (C=O) groups excluding carboxylic acids is 1. The Morgan fingerprint density at radius 2 is 1.03 bits per heavy atom. The highest BCUT2D eigenvalue weighted by atomic mass is 16.6. The predicted octanol–water partition coefficient (Wildman–Crippen LogP) is 7.37. The fourth-order valence-electron chi connectivity index (χ4n) is 3.69. The van der Waals surface area contributed by atoms with Gasteiger partial charge in [-0.25, -0.2) is 0 Å². The third-order valence-corrected chi connectivity index (χ3v) is 6.01. The molecule has 5 nitrogen and oxygen atoms in total. The highest BCUT2D eigenvalue weighted by molar-refractivity contribution is 5.69. The van der Waals surface area contributed by atoms with Crippen molar-refractivity contribution in [3.05, 3.63) is 0 Å². The summed E-state index contributed by atoms with van der Waals surface area (Å²) in [4.78, 5) is 12.0. The second kappa shape index (κ2) is 20.7. The van der Waals surface area contributed by atoms with Crippen LogP contribution >= 0.6 is 0 Å². The van der Waals surface area contributed by atoms with Gasteiger partial charge in [0.25, 0.3) is 0 Å². The number of aliphatic hydroxyl groups excluding tert-OH is 1. The van der Waals surface area contributed by atoms with Crippen LogP contribution in [0.1, 0.15) is 137 Å². The van der Waals surface area contributed by atoms with Crippen molar-refractivity contribution in [3.63, 3.8) is 0 Å². The standard InChI is InChI=1S/C28H56O5/c1-6-7-8-9-10-11-12-13-14-15-16-17-18-19-20-21-26(30)31-25-28(4,5)33-23-22-32-27(2,3)24-29/h29H,6-25H2,1-5H3. The maximum Gasteiger partial charge on any atom is 0.305 e. The second-order valence-corrected chi connectivity index (χ2v) is 10.7. The Hall–Kier alpha value is -0.650. The molecule has 0 aromatic heterocycles. The molecule has 0 saturated heterocycles. The number of aliphatic hydroxyl groups is 1. The summed E-state index contributed by atoms with van der Waals surface area (Å²) in [6.07, 6.45) is 20.3. The molecule has 5 heteroatoms. The van der Waals surface area contributed by atoms with E-state index in [1.54, 1.807) is 0 Å². The molecule has 0 bridgehead atoms. The maximum absolute atomic E-state index is 12.0. The Morgan fingerprint density at radius 3 is 1.45 bits per heavy atom. The van der Waals surface area contributed by atoms with E-state index in [0.717, 1.165) is 12.8 Å². The number of hydrogen-bond acceptors (Lipinski definition) is 5. The lowest BCUT2D eigenvalue weighted by Gasteiger charge is -2.27. The van der Waals surface area contributed by atoms with Crippen molar-refractivity contribution >= 4 is 5.97 Å². The van der Waals surface area contributed by atoms with Crippen LogP contribution in [0.3, 0.4) is 0 Å². The zero-order valence-corrected chi connectivity index (χ0v) is 22.7. The molecule has 0 aromatic carbocycles. The summed E-state index contributed by atoms with van der Waals surface area (Å²) in [6, 6.07) is 0. The quantitative estimate of drug-likeness (QED) is 0.117. The van der Waals surface area contributed by atoms with Gasteiger partial charge in [0.1, 0.15) is 6.61 Å². The van der Waals surface area contributed by atoms with Crippen molar-refractivity contribution in [2.75, 3.05) is 26.4 Å². The number of rotatable bonds is 24. The van der Waals surface area contributed by atoms with E-state index in [2.05, 4.69) is 6.92 Å². The zero-order chi connectivity index (χ0) is 24.8. The molecule has 0 unspecified atom stereocenters. The molecule has 0 rings (SSSR count). The van der Waals surface area contributed by atoms with Crippen molar-refractivity contribution in [1.82, 2.24) is 0 Å². The second-order valence-electron chi connectivity index (χ2n) is 10.7. The molecule has 198 valence electrons. The van der Waals surface area contributed by atoms with Gasteiger partial charge in [-0.3, -0.25) is 4.79 Å². The van der Waals surface area contributed by atoms with Crippen LogP contribution < -0.4 is 0 Å². The molecule has 1 N–H and O–H groups in total. The lowest BCUT2D eigenvalue weighted by Crippen LogP contribution is -2.35. The average Bonchev–Trinajstić information content (AvgIpc) is 2.78. The average molecular weight is 473 g/mol. The maximum atomic E-state index is 12.0. The molecule has 0 amide bonds. The van der Waals surface area contributed by atoms with E-state index in [1.807, 2.05) is 27.7 Å². The van der Waals surface area contributed by atoms with Gasteiger partial charge in [0, 0.05) is 6.42 Å². The van der Waals surface area contributed by atoms with Crippen LogP contribution in [0.15, 0.2) is 0 Å². The van der Waals surface area contributed by atoms with E-state index >= 15 is 0 Å². The topological polar surface area (TPSA) is 65.0 Å². The van der Waals surface area contributed by atoms with Crippen LogP contribution in [0.4, 0.5) is 0 Å². The number of unbranched alkanes of at least 4 members (excludes halogenated alkanes) is 14. The van der Waals surface area contributed by atoms with Gasteiger partial charge in [-0.1, -0.05) is 96.8 Å². The molecule has 0 aliphatic carbocycles. The fraction of sp³-hybridized carbons (Fsp3) is 0.964. The van der Waals surface area contributed by atoms with Crippen molar-refractivity contribution in [2.24, 2.45) is 0 Å². The van der Waals surface area contributed by atoms with Crippen LogP contribution in [-0.2, 0) is 19.0 Å². The molecule has 0 spiro atoms. The van der Waals surface area contributed by atoms with Crippen LogP contribution in [0.2, 0.25) is 0 Å². The highest BCUT2D eigenvalue weighted by Gasteiger charge is 2.22. The molecule has 0 aromatic rings. The van der Waals surface area contributed by atoms with E-state index in [4.69, 9.17) is 14.2 Å². The van der Waals surface area contributed by atoms with E-state index in [9.17, 15) is 9.90 Å². The Morgan fingerprint density at radius 1 is 0.636 bits per heavy atom. The van der Waals surface area contributed by atoms with E-state index < -0.39 is 11.2 Å². The Labute approximate surface area is 205 Å². The van der Waals surface area contributed by atoms with E-state index in [1.165, 1.54) is 83.5 Å². The normalized spacial score (nSPS) is 12.3. The first-order valence-electron chi connectivity index (χ1n) is 13.8. The number of esters is 1. The molecular weight excluding hydrogens is 416 g/mol. The monoisotopic (exact) mass is 472 g/mol. The van der Waals surface area contributed by atoms with Crippen molar-refractivity contribution in [2.45, 2.75) is 149 Å². The summed E-state index contributed by atoms with van der Waals surface area (Å²) >= 11 is 0. The molecule has 0 heterocycles. The zero-order valence-electron chi connectivity index (χ0n) is 22.7. The summed E-state index contributed by atoms with van der Waals surface area (Å²) in [5.41, 5.74) is -1.11. The molecule has 0 saturated carbocycles. The number of hydrogen-bond donors (Lipinski definition) is 1. The molecule has 0 radical (unpaired) electrons. The van der Waals surface area contributed by atoms with Gasteiger partial charge in [0.2, 0.25) is 0 Å². The first-order valence-corrected chi connectivity index (χ1v) is 13.8. The van der Waals surface area contributed by atoms with Gasteiger partial charge in [-0.2, -0.15) is 0 Å². The summed E-state index contributed by atoms with van der Waals surface area (Å²) in [6.45, 7) is 10.7. The van der Waals surface area contributed by atoms with Gasteiger partial charge in [0.05, 0.1) is 31.0 Å². The van der Waals surface area contributed by atoms with Crippen LogP contribution in [-0.4, -0.2) is 48.7 Å². The fourth-order valence-corrected chi connectivity index (χ4v) is 3.69. The first kappa shape index (κ1) is 32.4. The Kier molecular flexibility index (Phi) is 20.3. The van der Waals surface area contributed by atoms with Crippen molar-refractivity contribution in [1.29, 1.82) is 0 Å². The minimum Gasteiger partial charge on any atom is -0.463 e. The summed E-state index contributed by atoms with van der Waals surface area (Å²) in [5.74, 6) is -0.140. The van der Waals surface area contributed by atoms with Gasteiger partial charge < -0.3 is 19.3 Å². The van der Waals surface area contributed by atoms with Gasteiger partial charge in [-0.15, -0.1) is 0 Å². The summed E-state index contributed by atoms with van der Waals surface area (Å²) < 4.78 is 16.7. The van der Waals surface area contributed by atoms with Gasteiger partial charge in [0.15, 0.2) is 0 Å². The molecule has 0 aliphatic rings. The van der Waals surface area contributed by atoms with Crippen LogP contribution in [0.25, 0.3) is 0 Å². The predicted molar refractivity (Wildman–Crippen MR) is 138 cm³/mol. The largest absolute Gasteiger partial charge is 0.463 e. The SMILES string of the molecule is CCCCCCCCCCCCCCCCCC(=O)OCC(C)(C)OCCOC(C)(C)CO. The minimum absolute atomic E-state index is 0.0344. The molecular formula is C28H56O5. The highest BCUT2D eigenvalue weighted by Crippen LogP contribution is 2.15. The van der Waals surface area contributed by atoms with Crippen molar-refractivity contribution < 1.29 is 24.1 Å². The Balaban J connectivity index is 3.48. The lowest BCUT2D eigenvalue weighted by atomic mass is 10.0. The van der Waals surface area contributed by atoms with Gasteiger partial charge >= 0.3 is 5.97 Å². The summed E-state index contributed by atoms with van der Waals surface area (Å²) in [5, 5.41) is 9.18. The summed E-state index contributed by atoms with van der Waals surface area (Å²) in [7, 11) is 0. The third-order valence-electron chi connectivity index (χ3n) is 6.01. The Bertz CT molecular complexity index is 448. The van der Waals surface area contributed by atoms with E-state index in [-0.39, 0.29) is 19.2 Å². The van der Waals surface area contributed by atoms with E-state index in [0.29, 0.717) is 19.6 Å². The van der Waals surface area contributed by atoms with Gasteiger partial charge in [-0.05, 0) is 34.1 Å². The first-order chi connectivity index (χ1) is 15.7. The number of ether oxygens (including phenoxy) is 3. The lowest BCUT2D eigenvalue weighted by molar-refractivity contribution is -0.156. The van der Waals surface area contributed by atoms with Crippen LogP contribution in [0, 0.1) is 0 Å². The molecule has 0 fully saturated rings. The van der Waals surface area contributed by atoms with Crippen LogP contribution in [0.5, 0.6) is 0 Å². The molecule has 0 atom stereocenters. The number of carbonyl (C=O) groups is 1. The van der Waals surface area contributed by atoms with Crippen molar-refractivity contribution in [3.8, 4) is 0 Å². The third kappa shape index (κ3) is 22.9. The smallest absolute Gasteiger partial charge is 0.305 e. The molecule has 0 aliphatic heterocycles.